The maximum atomic E-state index is 12.9. The second-order valence-electron chi connectivity index (χ2n) is 6.52. The molecule has 1 fully saturated rings. The molecule has 1 aliphatic carbocycles. The molecule has 0 aliphatic heterocycles. The van der Waals surface area contributed by atoms with E-state index < -0.39 is 15.6 Å². The summed E-state index contributed by atoms with van der Waals surface area (Å²) < 4.78 is 28.8. The molecule has 0 spiro atoms. The molecule has 1 saturated carbocycles. The number of aromatic nitrogens is 2. The number of rotatable bonds is 5. The zero-order valence-corrected chi connectivity index (χ0v) is 14.5. The van der Waals surface area contributed by atoms with Gasteiger partial charge in [-0.3, -0.25) is 4.68 Å². The predicted octanol–water partition coefficient (Wildman–Crippen LogP) is 2.30. The van der Waals surface area contributed by atoms with Crippen LogP contribution < -0.4 is 0 Å². The lowest BCUT2D eigenvalue weighted by Crippen LogP contribution is -2.46. The minimum atomic E-state index is -3.71. The summed E-state index contributed by atoms with van der Waals surface area (Å²) in [7, 11) is -2.19. The first-order valence-corrected chi connectivity index (χ1v) is 9.11. The minimum absolute atomic E-state index is 0.206. The van der Waals surface area contributed by atoms with Gasteiger partial charge >= 0.3 is 0 Å². The van der Waals surface area contributed by atoms with E-state index in [-0.39, 0.29) is 4.90 Å². The van der Waals surface area contributed by atoms with E-state index in [9.17, 15) is 13.7 Å². The second-order valence-corrected chi connectivity index (χ2v) is 8.46. The van der Waals surface area contributed by atoms with Gasteiger partial charge in [0.05, 0.1) is 11.8 Å². The summed E-state index contributed by atoms with van der Waals surface area (Å²) in [5.41, 5.74) is -0.426. The van der Waals surface area contributed by atoms with Crippen LogP contribution in [0.2, 0.25) is 0 Å². The molecule has 7 heteroatoms. The van der Waals surface area contributed by atoms with Gasteiger partial charge in [-0.1, -0.05) is 26.7 Å². The van der Waals surface area contributed by atoms with Crippen molar-refractivity contribution in [2.45, 2.75) is 63.4 Å². The maximum absolute atomic E-state index is 12.9. The predicted molar refractivity (Wildman–Crippen MR) is 83.6 cm³/mol. The summed E-state index contributed by atoms with van der Waals surface area (Å²) in [4.78, 5) is 0.206. The zero-order chi connectivity index (χ0) is 16.5. The Kier molecular flexibility index (Phi) is 4.64. The molecule has 0 aromatic carbocycles. The fourth-order valence-corrected chi connectivity index (χ4v) is 4.70. The van der Waals surface area contributed by atoms with Crippen LogP contribution in [-0.2, 0) is 16.6 Å². The van der Waals surface area contributed by atoms with E-state index in [1.807, 2.05) is 0 Å². The molecule has 0 N–H and O–H groups in total. The van der Waals surface area contributed by atoms with E-state index in [0.717, 1.165) is 12.8 Å². The molecule has 0 amide bonds. The molecule has 1 aliphatic rings. The molecule has 1 heterocycles. The normalized spacial score (nSPS) is 18.0. The van der Waals surface area contributed by atoms with Gasteiger partial charge in [-0.25, -0.2) is 8.42 Å². The third kappa shape index (κ3) is 2.90. The van der Waals surface area contributed by atoms with Crippen LogP contribution in [0.25, 0.3) is 0 Å². The third-order valence-electron chi connectivity index (χ3n) is 4.33. The molecular formula is C15H24N4O2S. The first kappa shape index (κ1) is 17.0. The average Bonchev–Trinajstić information content (AvgIpc) is 3.05. The number of hydrogen-bond acceptors (Lipinski definition) is 4. The highest BCUT2D eigenvalue weighted by atomic mass is 32.2. The lowest BCUT2D eigenvalue weighted by Gasteiger charge is -2.31. The van der Waals surface area contributed by atoms with Crippen molar-refractivity contribution in [2.75, 3.05) is 7.05 Å². The molecule has 122 valence electrons. The van der Waals surface area contributed by atoms with Crippen molar-refractivity contribution >= 4 is 10.0 Å². The third-order valence-corrected chi connectivity index (χ3v) is 6.36. The standard InChI is InChI=1S/C15H24N4O2S/c1-12(2)9-19-10-14(13(3)17-19)22(20,21)18(4)15(11-16)7-5-6-8-15/h10,12H,5-9H2,1-4H3. The van der Waals surface area contributed by atoms with Gasteiger partial charge in [-0.05, 0) is 25.7 Å². The van der Waals surface area contributed by atoms with Gasteiger partial charge in [0, 0.05) is 19.8 Å². The van der Waals surface area contributed by atoms with Gasteiger partial charge in [0.1, 0.15) is 10.4 Å². The quantitative estimate of drug-likeness (QED) is 0.832. The van der Waals surface area contributed by atoms with Gasteiger partial charge < -0.3 is 0 Å². The molecular weight excluding hydrogens is 300 g/mol. The summed E-state index contributed by atoms with van der Waals surface area (Å²) >= 11 is 0. The largest absolute Gasteiger partial charge is 0.271 e. The SMILES string of the molecule is Cc1nn(CC(C)C)cc1S(=O)(=O)N(C)C1(C#N)CCCC1. The lowest BCUT2D eigenvalue weighted by atomic mass is 10.0. The fourth-order valence-electron chi connectivity index (χ4n) is 3.06. The van der Waals surface area contributed by atoms with E-state index in [1.165, 1.54) is 11.4 Å². The Labute approximate surface area is 132 Å². The van der Waals surface area contributed by atoms with Crippen LogP contribution in [0.3, 0.4) is 0 Å². The maximum Gasteiger partial charge on any atom is 0.247 e. The van der Waals surface area contributed by atoms with Gasteiger partial charge in [-0.15, -0.1) is 0 Å². The van der Waals surface area contributed by atoms with Crippen LogP contribution in [0.4, 0.5) is 0 Å². The van der Waals surface area contributed by atoms with Crippen molar-refractivity contribution in [3.63, 3.8) is 0 Å². The van der Waals surface area contributed by atoms with Crippen LogP contribution in [0.15, 0.2) is 11.1 Å². The smallest absolute Gasteiger partial charge is 0.247 e. The van der Waals surface area contributed by atoms with Crippen molar-refractivity contribution in [2.24, 2.45) is 5.92 Å². The lowest BCUT2D eigenvalue weighted by molar-refractivity contribution is 0.293. The monoisotopic (exact) mass is 324 g/mol. The average molecular weight is 324 g/mol. The Morgan fingerprint density at radius 3 is 2.55 bits per heavy atom. The van der Waals surface area contributed by atoms with Gasteiger partial charge in [0.25, 0.3) is 0 Å². The van der Waals surface area contributed by atoms with Crippen LogP contribution in [0.1, 0.15) is 45.2 Å². The van der Waals surface area contributed by atoms with Crippen molar-refractivity contribution in [1.82, 2.24) is 14.1 Å². The van der Waals surface area contributed by atoms with E-state index in [4.69, 9.17) is 0 Å². The summed E-state index contributed by atoms with van der Waals surface area (Å²) in [6.45, 7) is 6.48. The highest BCUT2D eigenvalue weighted by Crippen LogP contribution is 2.37. The molecule has 0 bridgehead atoms. The van der Waals surface area contributed by atoms with Gasteiger partial charge in [-0.2, -0.15) is 14.7 Å². The fraction of sp³-hybridized carbons (Fsp3) is 0.733. The Hall–Kier alpha value is -1.39. The van der Waals surface area contributed by atoms with Crippen LogP contribution >= 0.6 is 0 Å². The number of hydrogen-bond donors (Lipinski definition) is 0. The van der Waals surface area contributed by atoms with E-state index in [0.29, 0.717) is 31.0 Å². The number of aryl methyl sites for hydroxylation is 1. The Balaban J connectivity index is 2.38. The van der Waals surface area contributed by atoms with Crippen LogP contribution in [-0.4, -0.2) is 35.1 Å². The summed E-state index contributed by atoms with van der Waals surface area (Å²) in [5, 5.41) is 13.8. The molecule has 6 nitrogen and oxygen atoms in total. The van der Waals surface area contributed by atoms with E-state index in [1.54, 1.807) is 17.8 Å². The molecule has 0 atom stereocenters. The highest BCUT2D eigenvalue weighted by Gasteiger charge is 2.45. The van der Waals surface area contributed by atoms with Crippen molar-refractivity contribution in [3.05, 3.63) is 11.9 Å². The van der Waals surface area contributed by atoms with Gasteiger partial charge in [0.2, 0.25) is 10.0 Å². The summed E-state index contributed by atoms with van der Waals surface area (Å²) in [5.74, 6) is 0.382. The number of nitriles is 1. The van der Waals surface area contributed by atoms with Crippen LogP contribution in [0, 0.1) is 24.2 Å². The Morgan fingerprint density at radius 2 is 2.05 bits per heavy atom. The first-order chi connectivity index (χ1) is 10.2. The molecule has 1 aromatic heterocycles. The number of sulfonamides is 1. The molecule has 22 heavy (non-hydrogen) atoms. The van der Waals surface area contributed by atoms with Gasteiger partial charge in [0.15, 0.2) is 0 Å². The minimum Gasteiger partial charge on any atom is -0.271 e. The summed E-state index contributed by atoms with van der Waals surface area (Å²) in [6.07, 6.45) is 4.55. The van der Waals surface area contributed by atoms with Crippen LogP contribution in [0.5, 0.6) is 0 Å². The Bertz CT molecular complexity index is 679. The number of nitrogens with zero attached hydrogens (tertiary/aromatic N) is 4. The van der Waals surface area contributed by atoms with E-state index >= 15 is 0 Å². The van der Waals surface area contributed by atoms with Crippen molar-refractivity contribution in [1.29, 1.82) is 5.26 Å². The van der Waals surface area contributed by atoms with E-state index in [2.05, 4.69) is 25.0 Å². The topological polar surface area (TPSA) is 79.0 Å². The highest BCUT2D eigenvalue weighted by molar-refractivity contribution is 7.89. The molecule has 0 saturated heterocycles. The summed E-state index contributed by atoms with van der Waals surface area (Å²) in [6, 6.07) is 2.23. The molecule has 2 rings (SSSR count). The molecule has 0 unspecified atom stereocenters. The molecule has 0 radical (unpaired) electrons. The Morgan fingerprint density at radius 1 is 1.45 bits per heavy atom. The zero-order valence-electron chi connectivity index (χ0n) is 13.7. The van der Waals surface area contributed by atoms with Crippen molar-refractivity contribution in [3.8, 4) is 6.07 Å². The second kappa shape index (κ2) is 6.01. The van der Waals surface area contributed by atoms with Crippen molar-refractivity contribution < 1.29 is 8.42 Å². The first-order valence-electron chi connectivity index (χ1n) is 7.67. The molecule has 1 aromatic rings.